The van der Waals surface area contributed by atoms with Crippen LogP contribution in [-0.2, 0) is 4.79 Å². The van der Waals surface area contributed by atoms with Crippen LogP contribution in [-0.4, -0.2) is 18.2 Å². The first kappa shape index (κ1) is 19.6. The van der Waals surface area contributed by atoms with Crippen LogP contribution in [0.4, 0.5) is 5.69 Å². The molecule has 0 fully saturated rings. The first-order chi connectivity index (χ1) is 14.8. The summed E-state index contributed by atoms with van der Waals surface area (Å²) in [6.45, 7) is 2.79. The Morgan fingerprint density at radius 3 is 2.30 bits per heavy atom. The molecule has 0 saturated carbocycles. The molecule has 0 aromatic heterocycles. The van der Waals surface area contributed by atoms with Crippen molar-refractivity contribution in [2.24, 2.45) is 5.10 Å². The lowest BCUT2D eigenvalue weighted by atomic mass is 10.00. The number of anilines is 1. The maximum atomic E-state index is 13.4. The van der Waals surface area contributed by atoms with E-state index in [4.69, 9.17) is 4.74 Å². The maximum Gasteiger partial charge on any atom is 0.281 e. The van der Waals surface area contributed by atoms with Crippen LogP contribution in [0.5, 0.6) is 5.75 Å². The molecule has 0 bridgehead atoms. The zero-order chi connectivity index (χ0) is 20.8. The average molecular weight is 396 g/mol. The maximum absolute atomic E-state index is 13.4. The Labute approximate surface area is 177 Å². The smallest absolute Gasteiger partial charge is 0.281 e. The van der Waals surface area contributed by atoms with Gasteiger partial charge in [-0.3, -0.25) is 4.79 Å². The average Bonchev–Trinajstić information content (AvgIpc) is 3.12. The summed E-state index contributed by atoms with van der Waals surface area (Å²) in [6.07, 6.45) is 3.94. The van der Waals surface area contributed by atoms with Gasteiger partial charge >= 0.3 is 0 Å². The van der Waals surface area contributed by atoms with Gasteiger partial charge in [0.05, 0.1) is 17.9 Å². The molecular formula is C26H24N2O2. The number of hydrogen-bond acceptors (Lipinski definition) is 3. The number of carbonyl (C=O) groups is 1. The van der Waals surface area contributed by atoms with Crippen LogP contribution >= 0.6 is 0 Å². The summed E-state index contributed by atoms with van der Waals surface area (Å²) in [5, 5.41) is 6.15. The van der Waals surface area contributed by atoms with Crippen molar-refractivity contribution >= 4 is 23.4 Å². The fraction of sp³-hybridized carbons (Fsp3) is 0.154. The molecule has 0 spiro atoms. The van der Waals surface area contributed by atoms with Crippen molar-refractivity contribution in [1.29, 1.82) is 0 Å². The van der Waals surface area contributed by atoms with E-state index in [-0.39, 0.29) is 5.91 Å². The van der Waals surface area contributed by atoms with E-state index in [0.717, 1.165) is 35.4 Å². The molecule has 0 aliphatic carbocycles. The van der Waals surface area contributed by atoms with Crippen LogP contribution in [0, 0.1) is 0 Å². The van der Waals surface area contributed by atoms with E-state index in [1.54, 1.807) is 0 Å². The van der Waals surface area contributed by atoms with Crippen LogP contribution in [0.1, 0.15) is 30.9 Å². The lowest BCUT2D eigenvalue weighted by Gasteiger charge is -2.11. The van der Waals surface area contributed by atoms with Gasteiger partial charge in [0.15, 0.2) is 0 Å². The Morgan fingerprint density at radius 2 is 1.57 bits per heavy atom. The Hall–Kier alpha value is -3.66. The lowest BCUT2D eigenvalue weighted by Crippen LogP contribution is -2.21. The SMILES string of the molecule is CCCCOc1ccccc1/C=C1/C(=O)N(c2ccccc2)N=C1c1ccccc1. The van der Waals surface area contributed by atoms with Gasteiger partial charge < -0.3 is 4.74 Å². The second kappa shape index (κ2) is 9.23. The quantitative estimate of drug-likeness (QED) is 0.380. The predicted molar refractivity (Wildman–Crippen MR) is 122 cm³/mol. The molecule has 4 rings (SSSR count). The van der Waals surface area contributed by atoms with Gasteiger partial charge in [-0.05, 0) is 30.7 Å². The van der Waals surface area contributed by atoms with E-state index in [1.165, 1.54) is 5.01 Å². The van der Waals surface area contributed by atoms with Crippen LogP contribution in [0.2, 0.25) is 0 Å². The molecule has 3 aromatic rings. The summed E-state index contributed by atoms with van der Waals surface area (Å²) in [6, 6.07) is 27.1. The second-order valence-electron chi connectivity index (χ2n) is 7.06. The lowest BCUT2D eigenvalue weighted by molar-refractivity contribution is -0.114. The molecule has 4 nitrogen and oxygen atoms in total. The number of carbonyl (C=O) groups excluding carboxylic acids is 1. The summed E-state index contributed by atoms with van der Waals surface area (Å²) in [4.78, 5) is 13.4. The topological polar surface area (TPSA) is 41.9 Å². The molecule has 0 radical (unpaired) electrons. The summed E-state index contributed by atoms with van der Waals surface area (Å²) in [5.41, 5.74) is 3.73. The van der Waals surface area contributed by atoms with Gasteiger partial charge in [0, 0.05) is 11.1 Å². The van der Waals surface area contributed by atoms with Gasteiger partial charge in [-0.15, -0.1) is 0 Å². The highest BCUT2D eigenvalue weighted by atomic mass is 16.5. The molecule has 0 atom stereocenters. The molecule has 1 amide bonds. The third-order valence-corrected chi connectivity index (χ3v) is 4.90. The first-order valence-corrected chi connectivity index (χ1v) is 10.3. The Bertz CT molecular complexity index is 1070. The Kier molecular flexibility index (Phi) is 6.04. The number of amides is 1. The first-order valence-electron chi connectivity index (χ1n) is 10.3. The second-order valence-corrected chi connectivity index (χ2v) is 7.06. The number of benzene rings is 3. The third kappa shape index (κ3) is 4.18. The molecule has 0 unspecified atom stereocenters. The van der Waals surface area contributed by atoms with E-state index in [1.807, 2.05) is 91.0 Å². The van der Waals surface area contributed by atoms with E-state index < -0.39 is 0 Å². The fourth-order valence-electron chi connectivity index (χ4n) is 3.31. The molecule has 1 aliphatic rings. The van der Waals surface area contributed by atoms with Crippen molar-refractivity contribution in [3.8, 4) is 5.75 Å². The predicted octanol–water partition coefficient (Wildman–Crippen LogP) is 5.70. The molecule has 3 aromatic carbocycles. The van der Waals surface area contributed by atoms with Gasteiger partial charge in [-0.2, -0.15) is 10.1 Å². The minimum Gasteiger partial charge on any atom is -0.493 e. The molecule has 1 heterocycles. The molecule has 0 N–H and O–H groups in total. The normalized spacial score (nSPS) is 14.8. The van der Waals surface area contributed by atoms with Crippen LogP contribution in [0.3, 0.4) is 0 Å². The molecule has 1 aliphatic heterocycles. The van der Waals surface area contributed by atoms with Crippen molar-refractivity contribution < 1.29 is 9.53 Å². The Morgan fingerprint density at radius 1 is 0.900 bits per heavy atom. The van der Waals surface area contributed by atoms with E-state index in [0.29, 0.717) is 17.9 Å². The monoisotopic (exact) mass is 396 g/mol. The van der Waals surface area contributed by atoms with Crippen molar-refractivity contribution in [2.75, 3.05) is 11.6 Å². The van der Waals surface area contributed by atoms with Gasteiger partial charge in [-0.1, -0.05) is 80.1 Å². The standard InChI is InChI=1S/C26H24N2O2/c1-2-3-18-30-24-17-11-10-14-21(24)19-23-25(20-12-6-4-7-13-20)27-28(26(23)29)22-15-8-5-9-16-22/h4-17,19H,2-3,18H2,1H3/b23-19+. The van der Waals surface area contributed by atoms with Gasteiger partial charge in [0.25, 0.3) is 5.91 Å². The molecule has 4 heteroatoms. The Balaban J connectivity index is 1.76. The van der Waals surface area contributed by atoms with Gasteiger partial charge in [0.1, 0.15) is 11.5 Å². The van der Waals surface area contributed by atoms with Crippen molar-refractivity contribution in [3.05, 3.63) is 102 Å². The minimum absolute atomic E-state index is 0.150. The summed E-state index contributed by atoms with van der Waals surface area (Å²) in [5.74, 6) is 0.625. The highest BCUT2D eigenvalue weighted by Gasteiger charge is 2.32. The zero-order valence-electron chi connectivity index (χ0n) is 17.0. The van der Waals surface area contributed by atoms with E-state index in [2.05, 4.69) is 12.0 Å². The van der Waals surface area contributed by atoms with Crippen molar-refractivity contribution in [3.63, 3.8) is 0 Å². The van der Waals surface area contributed by atoms with Crippen LogP contribution in [0.15, 0.2) is 95.6 Å². The van der Waals surface area contributed by atoms with Crippen molar-refractivity contribution in [2.45, 2.75) is 19.8 Å². The number of unbranched alkanes of at least 4 members (excludes halogenated alkanes) is 1. The number of para-hydroxylation sites is 2. The summed E-state index contributed by atoms with van der Waals surface area (Å²) >= 11 is 0. The number of hydrazone groups is 1. The zero-order valence-corrected chi connectivity index (χ0v) is 17.0. The molecule has 150 valence electrons. The third-order valence-electron chi connectivity index (χ3n) is 4.90. The van der Waals surface area contributed by atoms with E-state index in [9.17, 15) is 4.79 Å². The number of ether oxygens (including phenoxy) is 1. The molecule has 0 saturated heterocycles. The highest BCUT2D eigenvalue weighted by molar-refractivity contribution is 6.37. The van der Waals surface area contributed by atoms with Crippen LogP contribution in [0.25, 0.3) is 6.08 Å². The van der Waals surface area contributed by atoms with E-state index >= 15 is 0 Å². The van der Waals surface area contributed by atoms with Gasteiger partial charge in [0.2, 0.25) is 0 Å². The molecule has 30 heavy (non-hydrogen) atoms. The van der Waals surface area contributed by atoms with Crippen molar-refractivity contribution in [1.82, 2.24) is 0 Å². The number of rotatable bonds is 7. The van der Waals surface area contributed by atoms with Gasteiger partial charge in [-0.25, -0.2) is 0 Å². The highest BCUT2D eigenvalue weighted by Crippen LogP contribution is 2.29. The largest absolute Gasteiger partial charge is 0.493 e. The molecular weight excluding hydrogens is 372 g/mol. The number of hydrogen-bond donors (Lipinski definition) is 0. The summed E-state index contributed by atoms with van der Waals surface area (Å²) < 4.78 is 5.97. The van der Waals surface area contributed by atoms with Crippen LogP contribution < -0.4 is 9.75 Å². The fourth-order valence-corrected chi connectivity index (χ4v) is 3.31. The summed E-state index contributed by atoms with van der Waals surface area (Å²) in [7, 11) is 0. The number of nitrogens with zero attached hydrogens (tertiary/aromatic N) is 2. The minimum atomic E-state index is -0.150.